The van der Waals surface area contributed by atoms with E-state index in [1.54, 1.807) is 6.07 Å². The number of nitrogens with one attached hydrogen (secondary N) is 3. The summed E-state index contributed by atoms with van der Waals surface area (Å²) in [7, 11) is 0. The fourth-order valence-corrected chi connectivity index (χ4v) is 5.34. The van der Waals surface area contributed by atoms with Gasteiger partial charge in [-0.2, -0.15) is 0 Å². The van der Waals surface area contributed by atoms with Crippen molar-refractivity contribution in [2.75, 3.05) is 5.32 Å². The number of aromatic nitrogens is 1. The fraction of sp³-hybridized carbons (Fsp3) is 0.556. The third kappa shape index (κ3) is 5.81. The zero-order valence-corrected chi connectivity index (χ0v) is 21.6. The van der Waals surface area contributed by atoms with Crippen LogP contribution in [0.3, 0.4) is 0 Å². The molecular weight excluding hydrogens is 434 g/mol. The van der Waals surface area contributed by atoms with Crippen molar-refractivity contribution in [1.82, 2.24) is 10.3 Å². The van der Waals surface area contributed by atoms with Gasteiger partial charge in [-0.3, -0.25) is 9.59 Å². The Balaban J connectivity index is 1.79. The number of carbonyl (C=O) groups excluding carboxylic acids is 1. The molecule has 33 heavy (non-hydrogen) atoms. The third-order valence-electron chi connectivity index (χ3n) is 7.54. The van der Waals surface area contributed by atoms with Crippen LogP contribution in [-0.4, -0.2) is 16.4 Å². The van der Waals surface area contributed by atoms with Gasteiger partial charge in [-0.05, 0) is 94.0 Å². The van der Waals surface area contributed by atoms with Crippen molar-refractivity contribution in [3.8, 4) is 0 Å². The summed E-state index contributed by atoms with van der Waals surface area (Å²) in [5, 5.41) is 7.23. The van der Waals surface area contributed by atoms with Gasteiger partial charge in [-0.15, -0.1) is 0 Å². The van der Waals surface area contributed by atoms with Crippen LogP contribution in [0, 0.1) is 32.6 Å². The van der Waals surface area contributed by atoms with Crippen LogP contribution in [0.2, 0.25) is 5.02 Å². The molecule has 2 aromatic rings. The topological polar surface area (TPSA) is 74.0 Å². The quantitative estimate of drug-likeness (QED) is 0.444. The lowest BCUT2D eigenvalue weighted by Gasteiger charge is -2.42. The molecule has 1 heterocycles. The Labute approximate surface area is 202 Å². The van der Waals surface area contributed by atoms with Crippen molar-refractivity contribution in [1.29, 1.82) is 0 Å². The number of hydrogen-bond acceptors (Lipinski definition) is 3. The van der Waals surface area contributed by atoms with Crippen LogP contribution in [0.1, 0.15) is 85.6 Å². The summed E-state index contributed by atoms with van der Waals surface area (Å²) < 4.78 is 0. The number of pyridine rings is 1. The van der Waals surface area contributed by atoms with Crippen LogP contribution in [0.5, 0.6) is 0 Å². The maximum atomic E-state index is 13.1. The number of aryl methyl sites for hydroxylation is 2. The zero-order chi connectivity index (χ0) is 24.3. The molecule has 180 valence electrons. The number of amides is 1. The van der Waals surface area contributed by atoms with Crippen LogP contribution >= 0.6 is 11.6 Å². The van der Waals surface area contributed by atoms with Gasteiger partial charge in [0.2, 0.25) is 0 Å². The molecule has 1 saturated carbocycles. The Hall–Kier alpha value is -2.27. The van der Waals surface area contributed by atoms with E-state index in [-0.39, 0.29) is 23.6 Å². The fourth-order valence-electron chi connectivity index (χ4n) is 5.12. The number of rotatable bonds is 7. The first-order valence-corrected chi connectivity index (χ1v) is 12.5. The summed E-state index contributed by atoms with van der Waals surface area (Å²) in [6.45, 7) is 12.7. The lowest BCUT2D eigenvalue weighted by atomic mass is 9.71. The van der Waals surface area contributed by atoms with Gasteiger partial charge in [0, 0.05) is 39.6 Å². The van der Waals surface area contributed by atoms with Crippen molar-refractivity contribution in [3.05, 3.63) is 61.5 Å². The number of halogens is 1. The highest BCUT2D eigenvalue weighted by molar-refractivity contribution is 6.31. The molecule has 1 aromatic carbocycles. The van der Waals surface area contributed by atoms with E-state index in [0.29, 0.717) is 22.1 Å². The second-order valence-corrected chi connectivity index (χ2v) is 10.5. The monoisotopic (exact) mass is 471 g/mol. The van der Waals surface area contributed by atoms with E-state index in [2.05, 4.69) is 36.4 Å². The van der Waals surface area contributed by atoms with Crippen LogP contribution < -0.4 is 16.2 Å². The second kappa shape index (κ2) is 10.3. The highest BCUT2D eigenvalue weighted by Crippen LogP contribution is 2.40. The predicted molar refractivity (Wildman–Crippen MR) is 137 cm³/mol. The number of H-pyrrole nitrogens is 1. The Kier molecular flexibility index (Phi) is 7.94. The molecule has 1 fully saturated rings. The summed E-state index contributed by atoms with van der Waals surface area (Å²) in [4.78, 5) is 28.2. The summed E-state index contributed by atoms with van der Waals surface area (Å²) in [6.07, 6.45) is 5.71. The van der Waals surface area contributed by atoms with Crippen molar-refractivity contribution in [2.45, 2.75) is 85.7 Å². The SMILES string of the molecule is CCC1(Nc2cc(Cl)cc(C(=O)NCc3c(C)cc(C)[nH]c3=O)c2C)CCC(C(C)C)CC1. The van der Waals surface area contributed by atoms with Crippen LogP contribution in [0.4, 0.5) is 5.69 Å². The number of carbonyl (C=O) groups is 1. The van der Waals surface area contributed by atoms with Crippen LogP contribution in [0.25, 0.3) is 0 Å². The standard InChI is InChI=1S/C27H38ClN3O2/c1-7-27(10-8-20(9-11-27)16(2)3)31-24-14-21(28)13-22(19(24)6)25(32)29-15-23-17(4)12-18(5)30-26(23)33/h12-14,16,20,31H,7-11,15H2,1-6H3,(H,29,32)(H,30,33). The lowest BCUT2D eigenvalue weighted by molar-refractivity contribution is 0.0950. The average molecular weight is 472 g/mol. The molecule has 0 bridgehead atoms. The van der Waals surface area contributed by atoms with Gasteiger partial charge in [-0.25, -0.2) is 0 Å². The Morgan fingerprint density at radius 3 is 2.42 bits per heavy atom. The van der Waals surface area contributed by atoms with Crippen molar-refractivity contribution < 1.29 is 4.79 Å². The molecule has 6 heteroatoms. The second-order valence-electron chi connectivity index (χ2n) is 10.1. The van der Waals surface area contributed by atoms with Gasteiger partial charge in [0.25, 0.3) is 11.5 Å². The zero-order valence-electron chi connectivity index (χ0n) is 20.8. The smallest absolute Gasteiger partial charge is 0.253 e. The van der Waals surface area contributed by atoms with E-state index in [4.69, 9.17) is 11.6 Å². The Morgan fingerprint density at radius 2 is 1.85 bits per heavy atom. The van der Waals surface area contributed by atoms with Gasteiger partial charge in [0.1, 0.15) is 0 Å². The molecular formula is C27H38ClN3O2. The summed E-state index contributed by atoms with van der Waals surface area (Å²) >= 11 is 6.45. The molecule has 1 aromatic heterocycles. The highest BCUT2D eigenvalue weighted by atomic mass is 35.5. The summed E-state index contributed by atoms with van der Waals surface area (Å²) in [6, 6.07) is 5.54. The molecule has 0 aliphatic heterocycles. The average Bonchev–Trinajstić information content (AvgIpc) is 2.75. The molecule has 0 unspecified atom stereocenters. The molecule has 0 saturated heterocycles. The molecule has 1 amide bonds. The maximum Gasteiger partial charge on any atom is 0.253 e. The molecule has 5 nitrogen and oxygen atoms in total. The van der Waals surface area contributed by atoms with E-state index < -0.39 is 0 Å². The molecule has 0 spiro atoms. The van der Waals surface area contributed by atoms with Crippen LogP contribution in [0.15, 0.2) is 23.0 Å². The van der Waals surface area contributed by atoms with Gasteiger partial charge < -0.3 is 15.6 Å². The van der Waals surface area contributed by atoms with Gasteiger partial charge in [-0.1, -0.05) is 32.4 Å². The number of hydrogen-bond donors (Lipinski definition) is 3. The molecule has 1 aliphatic rings. The first kappa shape index (κ1) is 25.4. The number of anilines is 1. The molecule has 3 N–H and O–H groups in total. The highest BCUT2D eigenvalue weighted by Gasteiger charge is 2.35. The first-order chi connectivity index (χ1) is 15.5. The Bertz CT molecular complexity index is 1070. The minimum atomic E-state index is -0.230. The maximum absolute atomic E-state index is 13.1. The molecule has 0 atom stereocenters. The van der Waals surface area contributed by atoms with E-state index in [1.165, 1.54) is 12.8 Å². The third-order valence-corrected chi connectivity index (χ3v) is 7.76. The van der Waals surface area contributed by atoms with E-state index in [1.807, 2.05) is 32.9 Å². The first-order valence-electron chi connectivity index (χ1n) is 12.1. The molecule has 3 rings (SSSR count). The number of benzene rings is 1. The largest absolute Gasteiger partial charge is 0.379 e. The van der Waals surface area contributed by atoms with E-state index >= 15 is 0 Å². The minimum Gasteiger partial charge on any atom is -0.379 e. The van der Waals surface area contributed by atoms with Gasteiger partial charge in [0.05, 0.1) is 0 Å². The van der Waals surface area contributed by atoms with Gasteiger partial charge in [0.15, 0.2) is 0 Å². The lowest BCUT2D eigenvalue weighted by Crippen LogP contribution is -2.42. The van der Waals surface area contributed by atoms with E-state index in [0.717, 1.165) is 47.7 Å². The summed E-state index contributed by atoms with van der Waals surface area (Å²) in [5.41, 5.74) is 4.44. The van der Waals surface area contributed by atoms with Crippen LogP contribution in [-0.2, 0) is 6.54 Å². The Morgan fingerprint density at radius 1 is 1.18 bits per heavy atom. The number of aromatic amines is 1. The molecule has 0 radical (unpaired) electrons. The summed E-state index contributed by atoms with van der Waals surface area (Å²) in [5.74, 6) is 1.26. The van der Waals surface area contributed by atoms with Crippen molar-refractivity contribution >= 4 is 23.2 Å². The molecule has 1 aliphatic carbocycles. The minimum absolute atomic E-state index is 0.0287. The normalized spacial score (nSPS) is 20.7. The van der Waals surface area contributed by atoms with E-state index in [9.17, 15) is 9.59 Å². The van der Waals surface area contributed by atoms with Crippen molar-refractivity contribution in [3.63, 3.8) is 0 Å². The van der Waals surface area contributed by atoms with Gasteiger partial charge >= 0.3 is 0 Å². The predicted octanol–water partition coefficient (Wildman–Crippen LogP) is 6.29. The van der Waals surface area contributed by atoms with Crippen molar-refractivity contribution in [2.24, 2.45) is 11.8 Å².